The van der Waals surface area contributed by atoms with Crippen LogP contribution in [0.25, 0.3) is 0 Å². The second-order valence-corrected chi connectivity index (χ2v) is 8.15. The van der Waals surface area contributed by atoms with Crippen LogP contribution in [-0.2, 0) is 9.53 Å². The van der Waals surface area contributed by atoms with Crippen LogP contribution in [0.5, 0.6) is 0 Å². The molecular weight excluding hydrogens is 473 g/mol. The number of nitrogens with one attached hydrogen (secondary N) is 1. The molecule has 0 saturated carbocycles. The number of aliphatic imine (C=N–C) groups is 1. The Labute approximate surface area is 187 Å². The third kappa shape index (κ3) is 9.79. The molecule has 0 bridgehead atoms. The van der Waals surface area contributed by atoms with Gasteiger partial charge in [0.15, 0.2) is 5.96 Å². The fourth-order valence-electron chi connectivity index (χ4n) is 2.84. The first kappa shape index (κ1) is 26.7. The van der Waals surface area contributed by atoms with Crippen LogP contribution < -0.4 is 5.32 Å². The summed E-state index contributed by atoms with van der Waals surface area (Å²) in [6, 6.07) is 0. The van der Waals surface area contributed by atoms with Gasteiger partial charge in [0.25, 0.3) is 0 Å². The van der Waals surface area contributed by atoms with Gasteiger partial charge in [-0.3, -0.25) is 9.79 Å². The average molecular weight is 511 g/mol. The van der Waals surface area contributed by atoms with Gasteiger partial charge in [-0.1, -0.05) is 6.92 Å². The zero-order valence-electron chi connectivity index (χ0n) is 18.4. The molecule has 0 radical (unpaired) electrons. The SMILES string of the molecule is CCNC(=NCC(C)CN(C)C(=O)OC(C)(C)C)N1CCN(C(C)=O)CC1.I. The summed E-state index contributed by atoms with van der Waals surface area (Å²) in [7, 11) is 1.75. The smallest absolute Gasteiger partial charge is 0.410 e. The number of amides is 2. The normalized spacial score (nSPS) is 16.2. The van der Waals surface area contributed by atoms with Crippen molar-refractivity contribution in [2.75, 3.05) is 52.9 Å². The van der Waals surface area contributed by atoms with Gasteiger partial charge in [0.2, 0.25) is 5.91 Å². The second-order valence-electron chi connectivity index (χ2n) is 8.15. The molecule has 1 aliphatic rings. The van der Waals surface area contributed by atoms with E-state index in [1.54, 1.807) is 18.9 Å². The van der Waals surface area contributed by atoms with Crippen LogP contribution in [0.1, 0.15) is 41.5 Å². The number of hydrogen-bond acceptors (Lipinski definition) is 4. The van der Waals surface area contributed by atoms with Crippen LogP contribution in [0.3, 0.4) is 0 Å². The number of guanidine groups is 1. The molecule has 9 heteroatoms. The summed E-state index contributed by atoms with van der Waals surface area (Å²) in [5, 5.41) is 3.33. The van der Waals surface area contributed by atoms with E-state index in [1.165, 1.54) is 0 Å². The predicted molar refractivity (Wildman–Crippen MR) is 123 cm³/mol. The molecule has 0 aliphatic carbocycles. The maximum absolute atomic E-state index is 12.1. The fourth-order valence-corrected chi connectivity index (χ4v) is 2.84. The molecule has 0 aromatic carbocycles. The molecule has 2 amide bonds. The molecule has 1 N–H and O–H groups in total. The number of nitrogens with zero attached hydrogens (tertiary/aromatic N) is 4. The van der Waals surface area contributed by atoms with E-state index in [4.69, 9.17) is 9.73 Å². The number of ether oxygens (including phenoxy) is 1. The summed E-state index contributed by atoms with van der Waals surface area (Å²) in [5.74, 6) is 1.19. The lowest BCUT2D eigenvalue weighted by Crippen LogP contribution is -2.53. The van der Waals surface area contributed by atoms with E-state index in [0.717, 1.165) is 38.7 Å². The highest BCUT2D eigenvalue weighted by Gasteiger charge is 2.22. The number of piperazine rings is 1. The van der Waals surface area contributed by atoms with Gasteiger partial charge in [0.05, 0.1) is 0 Å². The predicted octanol–water partition coefficient (Wildman–Crippen LogP) is 2.24. The molecule has 0 spiro atoms. The van der Waals surface area contributed by atoms with E-state index in [1.807, 2.05) is 32.6 Å². The molecule has 28 heavy (non-hydrogen) atoms. The Morgan fingerprint density at radius 2 is 1.71 bits per heavy atom. The highest BCUT2D eigenvalue weighted by molar-refractivity contribution is 14.0. The molecule has 1 saturated heterocycles. The van der Waals surface area contributed by atoms with Gasteiger partial charge >= 0.3 is 6.09 Å². The van der Waals surface area contributed by atoms with Crippen molar-refractivity contribution in [2.24, 2.45) is 10.9 Å². The van der Waals surface area contributed by atoms with Gasteiger partial charge in [-0.25, -0.2) is 4.79 Å². The summed E-state index contributed by atoms with van der Waals surface area (Å²) in [4.78, 5) is 34.0. The maximum atomic E-state index is 12.1. The first-order chi connectivity index (χ1) is 12.5. The molecule has 1 aliphatic heterocycles. The van der Waals surface area contributed by atoms with Crippen molar-refractivity contribution in [2.45, 2.75) is 47.1 Å². The summed E-state index contributed by atoms with van der Waals surface area (Å²) in [6.07, 6.45) is -0.314. The number of carbonyl (C=O) groups excluding carboxylic acids is 2. The topological polar surface area (TPSA) is 77.5 Å². The second kappa shape index (κ2) is 12.3. The number of carbonyl (C=O) groups is 2. The van der Waals surface area contributed by atoms with E-state index in [2.05, 4.69) is 17.1 Å². The van der Waals surface area contributed by atoms with Crippen LogP contribution in [0.4, 0.5) is 4.79 Å². The average Bonchev–Trinajstić information content (AvgIpc) is 2.57. The van der Waals surface area contributed by atoms with Crippen molar-refractivity contribution < 1.29 is 14.3 Å². The summed E-state index contributed by atoms with van der Waals surface area (Å²) in [6.45, 7) is 16.3. The van der Waals surface area contributed by atoms with Gasteiger partial charge in [-0.05, 0) is 33.6 Å². The molecule has 1 fully saturated rings. The summed E-state index contributed by atoms with van der Waals surface area (Å²) < 4.78 is 5.39. The summed E-state index contributed by atoms with van der Waals surface area (Å²) >= 11 is 0. The summed E-state index contributed by atoms with van der Waals surface area (Å²) in [5.41, 5.74) is -0.493. The molecule has 1 atom stereocenters. The maximum Gasteiger partial charge on any atom is 0.410 e. The van der Waals surface area contributed by atoms with E-state index in [-0.39, 0.29) is 41.9 Å². The molecule has 164 valence electrons. The Balaban J connectivity index is 0.00000729. The van der Waals surface area contributed by atoms with Crippen LogP contribution in [-0.4, -0.2) is 91.1 Å². The number of hydrogen-bond donors (Lipinski definition) is 1. The van der Waals surface area contributed by atoms with Crippen LogP contribution in [0.2, 0.25) is 0 Å². The quantitative estimate of drug-likeness (QED) is 0.348. The monoisotopic (exact) mass is 511 g/mol. The molecule has 0 aromatic rings. The molecule has 1 unspecified atom stereocenters. The van der Waals surface area contributed by atoms with Crippen LogP contribution >= 0.6 is 24.0 Å². The molecular formula is C19H38IN5O3. The highest BCUT2D eigenvalue weighted by Crippen LogP contribution is 2.10. The number of rotatable bonds is 5. The van der Waals surface area contributed by atoms with Crippen molar-refractivity contribution in [3.05, 3.63) is 0 Å². The standard InChI is InChI=1S/C19H37N5O3.HI/c1-8-20-17(24-11-9-23(10-12-24)16(3)25)21-13-15(2)14-22(7)18(26)27-19(4,5)6;/h15H,8-14H2,1-7H3,(H,20,21);1H. The lowest BCUT2D eigenvalue weighted by molar-refractivity contribution is -0.130. The van der Waals surface area contributed by atoms with Crippen molar-refractivity contribution in [1.29, 1.82) is 0 Å². The van der Waals surface area contributed by atoms with Gasteiger partial charge in [-0.15, -0.1) is 24.0 Å². The molecule has 1 rings (SSSR count). The Kier molecular flexibility index (Phi) is 11.8. The van der Waals surface area contributed by atoms with Crippen LogP contribution in [0, 0.1) is 5.92 Å². The Morgan fingerprint density at radius 3 is 2.18 bits per heavy atom. The zero-order chi connectivity index (χ0) is 20.6. The van der Waals surface area contributed by atoms with E-state index < -0.39 is 5.60 Å². The van der Waals surface area contributed by atoms with Crippen molar-refractivity contribution >= 4 is 41.9 Å². The lowest BCUT2D eigenvalue weighted by Gasteiger charge is -2.36. The Bertz CT molecular complexity index is 528. The Morgan fingerprint density at radius 1 is 1.18 bits per heavy atom. The van der Waals surface area contributed by atoms with E-state index in [9.17, 15) is 9.59 Å². The van der Waals surface area contributed by atoms with Crippen molar-refractivity contribution in [3.63, 3.8) is 0 Å². The molecule has 8 nitrogen and oxygen atoms in total. The minimum Gasteiger partial charge on any atom is -0.444 e. The van der Waals surface area contributed by atoms with Gasteiger partial charge in [-0.2, -0.15) is 0 Å². The highest BCUT2D eigenvalue weighted by atomic mass is 127. The van der Waals surface area contributed by atoms with Gasteiger partial charge < -0.3 is 24.8 Å². The van der Waals surface area contributed by atoms with Gasteiger partial charge in [0.1, 0.15) is 5.60 Å². The minimum atomic E-state index is -0.493. The molecule has 0 aromatic heterocycles. The third-order valence-corrected chi connectivity index (χ3v) is 4.20. The third-order valence-electron chi connectivity index (χ3n) is 4.20. The lowest BCUT2D eigenvalue weighted by atomic mass is 10.2. The van der Waals surface area contributed by atoms with E-state index >= 15 is 0 Å². The largest absolute Gasteiger partial charge is 0.444 e. The van der Waals surface area contributed by atoms with Crippen molar-refractivity contribution in [3.8, 4) is 0 Å². The minimum absolute atomic E-state index is 0. The van der Waals surface area contributed by atoms with Crippen molar-refractivity contribution in [1.82, 2.24) is 20.0 Å². The molecule has 1 heterocycles. The first-order valence-electron chi connectivity index (χ1n) is 9.76. The van der Waals surface area contributed by atoms with Crippen LogP contribution in [0.15, 0.2) is 4.99 Å². The number of halogens is 1. The Hall–Kier alpha value is -1.26. The zero-order valence-corrected chi connectivity index (χ0v) is 20.8. The van der Waals surface area contributed by atoms with Gasteiger partial charge in [0, 0.05) is 59.8 Å². The first-order valence-corrected chi connectivity index (χ1v) is 9.76. The fraction of sp³-hybridized carbons (Fsp3) is 0.842. The van der Waals surface area contributed by atoms with E-state index in [0.29, 0.717) is 13.1 Å².